The Hall–Kier alpha value is -2.54. The number of carbonyl (C=O) groups is 1. The van der Waals surface area contributed by atoms with Gasteiger partial charge in [-0.15, -0.1) is 11.8 Å². The highest BCUT2D eigenvalue weighted by Gasteiger charge is 2.16. The van der Waals surface area contributed by atoms with Crippen LogP contribution >= 0.6 is 11.8 Å². The number of nitro benzene ring substituents is 1. The van der Waals surface area contributed by atoms with E-state index in [9.17, 15) is 14.9 Å². The van der Waals surface area contributed by atoms with Crippen LogP contribution in [0.2, 0.25) is 0 Å². The molecule has 1 N–H and O–H groups in total. The maximum Gasteiger partial charge on any atom is 0.283 e. The number of hydrogen-bond donors (Lipinski definition) is 1. The molecule has 0 heterocycles. The van der Waals surface area contributed by atoms with Crippen molar-refractivity contribution in [1.29, 1.82) is 0 Å². The molecule has 0 aliphatic heterocycles. The number of hydrogen-bond acceptors (Lipinski definition) is 5. The Morgan fingerprint density at radius 2 is 2.08 bits per heavy atom. The fourth-order valence-corrected chi connectivity index (χ4v) is 2.72. The molecule has 0 radical (unpaired) electrons. The number of thioether (sulfide) groups is 1. The molecular weight excluding hydrogens is 328 g/mol. The molecule has 24 heavy (non-hydrogen) atoms. The average molecular weight is 346 g/mol. The smallest absolute Gasteiger partial charge is 0.283 e. The molecule has 2 rings (SSSR count). The minimum atomic E-state index is -0.478. The quantitative estimate of drug-likeness (QED) is 0.470. The lowest BCUT2D eigenvalue weighted by Crippen LogP contribution is -2.22. The minimum absolute atomic E-state index is 0.0616. The van der Waals surface area contributed by atoms with Crippen LogP contribution < -0.4 is 10.1 Å². The molecule has 0 unspecified atom stereocenters. The van der Waals surface area contributed by atoms with Gasteiger partial charge in [-0.2, -0.15) is 0 Å². The number of carbonyl (C=O) groups excluding carboxylic acids is 1. The van der Waals surface area contributed by atoms with Crippen molar-refractivity contribution in [3.8, 4) is 5.75 Å². The largest absolute Gasteiger partial charge is 0.494 e. The standard InChI is InChI=1S/C17H18N2O4S/c1-3-23-14-6-4-5-12(9-14)11-18-17(20)13-7-8-16(24-2)15(10-13)19(21)22/h4-10H,3,11H2,1-2H3,(H,18,20). The maximum absolute atomic E-state index is 12.2. The van der Waals surface area contributed by atoms with E-state index in [-0.39, 0.29) is 17.2 Å². The normalized spacial score (nSPS) is 10.2. The molecule has 6 nitrogen and oxygen atoms in total. The first kappa shape index (κ1) is 17.8. The Kier molecular flexibility index (Phi) is 6.20. The van der Waals surface area contributed by atoms with Crippen LogP contribution in [0, 0.1) is 10.1 Å². The number of ether oxygens (including phenoxy) is 1. The molecule has 0 saturated heterocycles. The van der Waals surface area contributed by atoms with Crippen LogP contribution in [0.1, 0.15) is 22.8 Å². The topological polar surface area (TPSA) is 81.5 Å². The summed E-state index contributed by atoms with van der Waals surface area (Å²) in [6.45, 7) is 2.79. The number of rotatable bonds is 7. The van der Waals surface area contributed by atoms with E-state index in [1.54, 1.807) is 18.4 Å². The number of amides is 1. The van der Waals surface area contributed by atoms with Crippen LogP contribution in [-0.4, -0.2) is 23.7 Å². The van der Waals surface area contributed by atoms with E-state index >= 15 is 0 Å². The van der Waals surface area contributed by atoms with E-state index in [0.29, 0.717) is 18.0 Å². The van der Waals surface area contributed by atoms with Crippen LogP contribution in [0.5, 0.6) is 5.75 Å². The Morgan fingerprint density at radius 3 is 2.75 bits per heavy atom. The van der Waals surface area contributed by atoms with Crippen molar-refractivity contribution < 1.29 is 14.5 Å². The lowest BCUT2D eigenvalue weighted by atomic mass is 10.1. The Balaban J connectivity index is 2.08. The van der Waals surface area contributed by atoms with Gasteiger partial charge >= 0.3 is 0 Å². The van der Waals surface area contributed by atoms with Gasteiger partial charge in [0.1, 0.15) is 5.75 Å². The molecule has 0 aromatic heterocycles. The summed E-state index contributed by atoms with van der Waals surface area (Å²) in [4.78, 5) is 23.4. The van der Waals surface area contributed by atoms with Gasteiger partial charge < -0.3 is 10.1 Å². The lowest BCUT2D eigenvalue weighted by Gasteiger charge is -2.08. The molecule has 126 valence electrons. The molecule has 2 aromatic rings. The second-order valence-corrected chi connectivity index (χ2v) is 5.75. The molecular formula is C17H18N2O4S. The van der Waals surface area contributed by atoms with Gasteiger partial charge in [-0.3, -0.25) is 14.9 Å². The molecule has 2 aromatic carbocycles. The molecule has 0 spiro atoms. The van der Waals surface area contributed by atoms with Crippen LogP contribution in [0.3, 0.4) is 0 Å². The maximum atomic E-state index is 12.2. The summed E-state index contributed by atoms with van der Waals surface area (Å²) in [5.41, 5.74) is 1.10. The summed E-state index contributed by atoms with van der Waals surface area (Å²) < 4.78 is 5.42. The molecule has 0 aliphatic rings. The number of nitrogens with one attached hydrogen (secondary N) is 1. The Labute approximate surface area is 144 Å². The molecule has 1 amide bonds. The third kappa shape index (κ3) is 4.48. The van der Waals surface area contributed by atoms with Crippen molar-refractivity contribution in [3.63, 3.8) is 0 Å². The summed E-state index contributed by atoms with van der Waals surface area (Å²) in [7, 11) is 0. The van der Waals surface area contributed by atoms with E-state index in [2.05, 4.69) is 5.32 Å². The third-order valence-corrected chi connectivity index (χ3v) is 4.09. The average Bonchev–Trinajstić information content (AvgIpc) is 2.59. The summed E-state index contributed by atoms with van der Waals surface area (Å²) >= 11 is 1.27. The van der Waals surface area contributed by atoms with Crippen molar-refractivity contribution in [1.82, 2.24) is 5.32 Å². The zero-order valence-corrected chi connectivity index (χ0v) is 14.3. The third-order valence-electron chi connectivity index (χ3n) is 3.30. The zero-order valence-electron chi connectivity index (χ0n) is 13.4. The van der Waals surface area contributed by atoms with Crippen LogP contribution in [0.4, 0.5) is 5.69 Å². The SMILES string of the molecule is CCOc1cccc(CNC(=O)c2ccc(SC)c([N+](=O)[O-])c2)c1. The summed E-state index contributed by atoms with van der Waals surface area (Å²) in [5, 5.41) is 13.8. The first-order valence-corrected chi connectivity index (χ1v) is 8.60. The fourth-order valence-electron chi connectivity index (χ4n) is 2.17. The van der Waals surface area contributed by atoms with Crippen molar-refractivity contribution in [2.75, 3.05) is 12.9 Å². The molecule has 0 atom stereocenters. The Morgan fingerprint density at radius 1 is 1.29 bits per heavy atom. The van der Waals surface area contributed by atoms with E-state index in [4.69, 9.17) is 4.74 Å². The number of benzene rings is 2. The van der Waals surface area contributed by atoms with Crippen molar-refractivity contribution >= 4 is 23.4 Å². The van der Waals surface area contributed by atoms with Gasteiger partial charge in [-0.1, -0.05) is 12.1 Å². The minimum Gasteiger partial charge on any atom is -0.494 e. The highest BCUT2D eigenvalue weighted by atomic mass is 32.2. The van der Waals surface area contributed by atoms with Gasteiger partial charge in [0.25, 0.3) is 11.6 Å². The van der Waals surface area contributed by atoms with Crippen LogP contribution in [0.15, 0.2) is 47.4 Å². The number of nitrogens with zero attached hydrogens (tertiary/aromatic N) is 1. The first-order chi connectivity index (χ1) is 11.5. The predicted octanol–water partition coefficient (Wildman–Crippen LogP) is 3.65. The van der Waals surface area contributed by atoms with Gasteiger partial charge in [0.15, 0.2) is 0 Å². The summed E-state index contributed by atoms with van der Waals surface area (Å²) in [6.07, 6.45) is 1.76. The lowest BCUT2D eigenvalue weighted by molar-refractivity contribution is -0.387. The van der Waals surface area contributed by atoms with Gasteiger partial charge in [0.2, 0.25) is 0 Å². The Bertz CT molecular complexity index is 749. The van der Waals surface area contributed by atoms with Crippen LogP contribution in [0.25, 0.3) is 0 Å². The van der Waals surface area contributed by atoms with E-state index in [1.807, 2.05) is 31.2 Å². The van der Waals surface area contributed by atoms with Crippen molar-refractivity contribution in [3.05, 3.63) is 63.7 Å². The molecule has 0 fully saturated rings. The second-order valence-electron chi connectivity index (χ2n) is 4.91. The van der Waals surface area contributed by atoms with Crippen molar-refractivity contribution in [2.45, 2.75) is 18.4 Å². The fraction of sp³-hybridized carbons (Fsp3) is 0.235. The molecule has 0 aliphatic carbocycles. The molecule has 7 heteroatoms. The van der Waals surface area contributed by atoms with Gasteiger partial charge in [0, 0.05) is 18.2 Å². The zero-order chi connectivity index (χ0) is 17.5. The van der Waals surface area contributed by atoms with E-state index in [1.165, 1.54) is 17.8 Å². The monoisotopic (exact) mass is 346 g/mol. The highest BCUT2D eigenvalue weighted by Crippen LogP contribution is 2.28. The van der Waals surface area contributed by atoms with Gasteiger partial charge in [-0.25, -0.2) is 0 Å². The van der Waals surface area contributed by atoms with Crippen molar-refractivity contribution in [2.24, 2.45) is 0 Å². The second kappa shape index (κ2) is 8.35. The summed E-state index contributed by atoms with van der Waals surface area (Å²) in [6, 6.07) is 11.9. The van der Waals surface area contributed by atoms with E-state index < -0.39 is 4.92 Å². The van der Waals surface area contributed by atoms with Gasteiger partial charge in [-0.05, 0) is 43.0 Å². The molecule has 0 bridgehead atoms. The summed E-state index contributed by atoms with van der Waals surface area (Å²) in [5.74, 6) is 0.386. The first-order valence-electron chi connectivity index (χ1n) is 7.37. The molecule has 0 saturated carbocycles. The van der Waals surface area contributed by atoms with Gasteiger partial charge in [0.05, 0.1) is 16.4 Å². The van der Waals surface area contributed by atoms with Crippen LogP contribution in [-0.2, 0) is 6.54 Å². The predicted molar refractivity (Wildman–Crippen MR) is 93.7 cm³/mol. The van der Waals surface area contributed by atoms with E-state index in [0.717, 1.165) is 11.3 Å². The number of nitro groups is 1. The highest BCUT2D eigenvalue weighted by molar-refractivity contribution is 7.98.